The molecule has 2 aromatic carbocycles. The molecule has 0 spiro atoms. The standard InChI is InChI=1S/C23H30N2O5/c1-29-19-8-10-20(11-9-19)30-15-12-22(27)24-21(16-25-13-2-3-14-25)23(28)17-4-6-18(26)7-5-17/h4-11,21,23,26,28H,2-3,12-16H2,1H3,(H,24,27)/t21-,23-/m1/s1. The molecule has 0 aromatic heterocycles. The molecular formula is C23H30N2O5. The van der Waals surface area contributed by atoms with E-state index in [0.717, 1.165) is 31.7 Å². The number of methoxy groups -OCH3 is 1. The topological polar surface area (TPSA) is 91.3 Å². The molecule has 1 saturated heterocycles. The molecule has 1 aliphatic heterocycles. The van der Waals surface area contributed by atoms with Crippen molar-refractivity contribution in [3.8, 4) is 17.2 Å². The van der Waals surface area contributed by atoms with Gasteiger partial charge in [0.2, 0.25) is 5.91 Å². The van der Waals surface area contributed by atoms with Crippen LogP contribution in [0, 0.1) is 0 Å². The van der Waals surface area contributed by atoms with Crippen LogP contribution in [-0.4, -0.2) is 60.4 Å². The third-order valence-corrected chi connectivity index (χ3v) is 5.27. The van der Waals surface area contributed by atoms with Crippen LogP contribution in [0.25, 0.3) is 0 Å². The smallest absolute Gasteiger partial charge is 0.223 e. The molecule has 2 aromatic rings. The zero-order valence-corrected chi connectivity index (χ0v) is 17.3. The highest BCUT2D eigenvalue weighted by atomic mass is 16.5. The van der Waals surface area contributed by atoms with Crippen LogP contribution in [0.15, 0.2) is 48.5 Å². The number of phenols is 1. The number of aliphatic hydroxyl groups excluding tert-OH is 1. The Bertz CT molecular complexity index is 788. The number of nitrogens with zero attached hydrogens (tertiary/aromatic N) is 1. The zero-order valence-electron chi connectivity index (χ0n) is 17.3. The molecule has 0 radical (unpaired) electrons. The third kappa shape index (κ3) is 6.37. The summed E-state index contributed by atoms with van der Waals surface area (Å²) in [6, 6.07) is 13.2. The Labute approximate surface area is 177 Å². The molecule has 162 valence electrons. The van der Waals surface area contributed by atoms with E-state index in [2.05, 4.69) is 10.2 Å². The average molecular weight is 415 g/mol. The lowest BCUT2D eigenvalue weighted by Crippen LogP contribution is -2.47. The number of aromatic hydroxyl groups is 1. The summed E-state index contributed by atoms with van der Waals surface area (Å²) in [4.78, 5) is 14.8. The van der Waals surface area contributed by atoms with Crippen LogP contribution in [0.2, 0.25) is 0 Å². The molecule has 1 aliphatic rings. The predicted octanol–water partition coefficient (Wildman–Crippen LogP) is 2.48. The molecular weight excluding hydrogens is 384 g/mol. The lowest BCUT2D eigenvalue weighted by Gasteiger charge is -2.28. The molecule has 0 bridgehead atoms. The second-order valence-corrected chi connectivity index (χ2v) is 7.49. The molecule has 0 unspecified atom stereocenters. The third-order valence-electron chi connectivity index (χ3n) is 5.27. The van der Waals surface area contributed by atoms with E-state index >= 15 is 0 Å². The maximum absolute atomic E-state index is 12.5. The van der Waals surface area contributed by atoms with Crippen LogP contribution in [0.5, 0.6) is 17.2 Å². The van der Waals surface area contributed by atoms with Gasteiger partial charge in [-0.2, -0.15) is 0 Å². The van der Waals surface area contributed by atoms with Crippen molar-refractivity contribution in [3.05, 3.63) is 54.1 Å². The molecule has 1 heterocycles. The van der Waals surface area contributed by atoms with E-state index < -0.39 is 12.1 Å². The van der Waals surface area contributed by atoms with E-state index in [4.69, 9.17) is 9.47 Å². The number of benzene rings is 2. The van der Waals surface area contributed by atoms with Gasteiger partial charge in [-0.25, -0.2) is 0 Å². The largest absolute Gasteiger partial charge is 0.508 e. The highest BCUT2D eigenvalue weighted by Gasteiger charge is 2.26. The number of carbonyl (C=O) groups excluding carboxylic acids is 1. The number of ether oxygens (including phenoxy) is 2. The van der Waals surface area contributed by atoms with Crippen molar-refractivity contribution in [2.45, 2.75) is 31.4 Å². The van der Waals surface area contributed by atoms with Gasteiger partial charge in [0.15, 0.2) is 0 Å². The van der Waals surface area contributed by atoms with Gasteiger partial charge in [0.05, 0.1) is 26.2 Å². The van der Waals surface area contributed by atoms with Crippen molar-refractivity contribution < 1.29 is 24.5 Å². The van der Waals surface area contributed by atoms with E-state index in [1.165, 1.54) is 12.1 Å². The first kappa shape index (κ1) is 21.9. The van der Waals surface area contributed by atoms with Gasteiger partial charge in [0.1, 0.15) is 23.4 Å². The molecule has 30 heavy (non-hydrogen) atoms. The van der Waals surface area contributed by atoms with Crippen LogP contribution < -0.4 is 14.8 Å². The monoisotopic (exact) mass is 414 g/mol. The second-order valence-electron chi connectivity index (χ2n) is 7.49. The van der Waals surface area contributed by atoms with Crippen LogP contribution in [0.3, 0.4) is 0 Å². The maximum Gasteiger partial charge on any atom is 0.223 e. The fourth-order valence-electron chi connectivity index (χ4n) is 3.58. The second kappa shape index (κ2) is 10.8. The van der Waals surface area contributed by atoms with E-state index in [1.807, 2.05) is 0 Å². The number of amides is 1. The first-order chi connectivity index (χ1) is 14.5. The minimum atomic E-state index is -0.863. The number of hydrogen-bond acceptors (Lipinski definition) is 6. The van der Waals surface area contributed by atoms with Crippen molar-refractivity contribution in [1.82, 2.24) is 10.2 Å². The number of rotatable bonds is 10. The molecule has 0 aliphatic carbocycles. The van der Waals surface area contributed by atoms with Crippen molar-refractivity contribution >= 4 is 5.91 Å². The molecule has 1 fully saturated rings. The maximum atomic E-state index is 12.5. The summed E-state index contributed by atoms with van der Waals surface area (Å²) < 4.78 is 10.7. The Balaban J connectivity index is 1.55. The molecule has 1 amide bonds. The summed E-state index contributed by atoms with van der Waals surface area (Å²) in [5, 5.41) is 23.3. The minimum absolute atomic E-state index is 0.141. The summed E-state index contributed by atoms with van der Waals surface area (Å²) in [6.45, 7) is 2.75. The van der Waals surface area contributed by atoms with Crippen molar-refractivity contribution in [3.63, 3.8) is 0 Å². The van der Waals surface area contributed by atoms with Crippen molar-refractivity contribution in [2.24, 2.45) is 0 Å². The van der Waals surface area contributed by atoms with Gasteiger partial charge >= 0.3 is 0 Å². The van der Waals surface area contributed by atoms with Gasteiger partial charge in [-0.05, 0) is 67.9 Å². The van der Waals surface area contributed by atoms with Gasteiger partial charge in [-0.1, -0.05) is 12.1 Å². The van der Waals surface area contributed by atoms with E-state index in [1.54, 1.807) is 43.5 Å². The Morgan fingerprint density at radius 2 is 1.70 bits per heavy atom. The highest BCUT2D eigenvalue weighted by Crippen LogP contribution is 2.22. The van der Waals surface area contributed by atoms with Crippen LogP contribution in [0.4, 0.5) is 0 Å². The Kier molecular flexibility index (Phi) is 7.93. The quantitative estimate of drug-likeness (QED) is 0.553. The molecule has 0 saturated carbocycles. The van der Waals surface area contributed by atoms with Gasteiger partial charge < -0.3 is 29.9 Å². The Morgan fingerprint density at radius 3 is 2.33 bits per heavy atom. The molecule has 7 heteroatoms. The number of nitrogens with one attached hydrogen (secondary N) is 1. The van der Waals surface area contributed by atoms with Crippen molar-refractivity contribution in [2.75, 3.05) is 33.4 Å². The van der Waals surface area contributed by atoms with Gasteiger partial charge in [0.25, 0.3) is 0 Å². The van der Waals surface area contributed by atoms with Crippen molar-refractivity contribution in [1.29, 1.82) is 0 Å². The molecule has 2 atom stereocenters. The first-order valence-electron chi connectivity index (χ1n) is 10.3. The van der Waals surface area contributed by atoms with E-state index in [-0.39, 0.29) is 24.7 Å². The Hall–Kier alpha value is -2.77. The number of carbonyl (C=O) groups is 1. The summed E-state index contributed by atoms with van der Waals surface area (Å²) in [7, 11) is 1.60. The fraction of sp³-hybridized carbons (Fsp3) is 0.435. The van der Waals surface area contributed by atoms with E-state index in [0.29, 0.717) is 17.9 Å². The Morgan fingerprint density at radius 1 is 1.07 bits per heavy atom. The molecule has 3 rings (SSSR count). The molecule has 7 nitrogen and oxygen atoms in total. The number of likely N-dealkylation sites (tertiary alicyclic amines) is 1. The number of aliphatic hydroxyl groups is 1. The van der Waals surface area contributed by atoms with E-state index in [9.17, 15) is 15.0 Å². The first-order valence-corrected chi connectivity index (χ1v) is 10.3. The van der Waals surface area contributed by atoms with Crippen LogP contribution >= 0.6 is 0 Å². The minimum Gasteiger partial charge on any atom is -0.508 e. The van der Waals surface area contributed by atoms with Crippen LogP contribution in [0.1, 0.15) is 30.9 Å². The lowest BCUT2D eigenvalue weighted by atomic mass is 10.0. The number of phenolic OH excluding ortho intramolecular Hbond substituents is 1. The fourth-order valence-corrected chi connectivity index (χ4v) is 3.58. The van der Waals surface area contributed by atoms with Gasteiger partial charge in [-0.15, -0.1) is 0 Å². The summed E-state index contributed by atoms with van der Waals surface area (Å²) in [6.07, 6.45) is 1.58. The summed E-state index contributed by atoms with van der Waals surface area (Å²) in [5.74, 6) is 1.38. The number of hydrogen-bond donors (Lipinski definition) is 3. The SMILES string of the molecule is COc1ccc(OCCC(=O)N[C@H](CN2CCCC2)[C@H](O)c2ccc(O)cc2)cc1. The van der Waals surface area contributed by atoms with Gasteiger partial charge in [0, 0.05) is 6.54 Å². The average Bonchev–Trinajstić information content (AvgIpc) is 3.27. The summed E-state index contributed by atoms with van der Waals surface area (Å²) >= 11 is 0. The molecule has 3 N–H and O–H groups in total. The lowest BCUT2D eigenvalue weighted by molar-refractivity contribution is -0.123. The van der Waals surface area contributed by atoms with Crippen LogP contribution in [-0.2, 0) is 4.79 Å². The normalized spacial score (nSPS) is 16.1. The predicted molar refractivity (Wildman–Crippen MR) is 114 cm³/mol. The summed E-state index contributed by atoms with van der Waals surface area (Å²) in [5.41, 5.74) is 0.659. The van der Waals surface area contributed by atoms with Gasteiger partial charge in [-0.3, -0.25) is 4.79 Å². The highest BCUT2D eigenvalue weighted by molar-refractivity contribution is 5.76. The zero-order chi connectivity index (χ0) is 21.3.